The summed E-state index contributed by atoms with van der Waals surface area (Å²) in [4.78, 5) is 24.7. The molecule has 6 nitrogen and oxygen atoms in total. The lowest BCUT2D eigenvalue weighted by Gasteiger charge is -2.14. The summed E-state index contributed by atoms with van der Waals surface area (Å²) in [6, 6.07) is 10.9. The lowest BCUT2D eigenvalue weighted by atomic mass is 10.2. The van der Waals surface area contributed by atoms with Gasteiger partial charge < -0.3 is 5.32 Å². The molecular formula is C14H18N4O2. The molecular weight excluding hydrogens is 256 g/mol. The van der Waals surface area contributed by atoms with Gasteiger partial charge in [0.1, 0.15) is 0 Å². The van der Waals surface area contributed by atoms with Crippen molar-refractivity contribution < 1.29 is 9.59 Å². The second-order valence-corrected chi connectivity index (χ2v) is 4.36. The SMILES string of the molecule is CN(CCC#N)CC(=O)NC(=O)NCc1ccccc1. The summed E-state index contributed by atoms with van der Waals surface area (Å²) in [5.41, 5.74) is 0.959. The van der Waals surface area contributed by atoms with Gasteiger partial charge in [-0.2, -0.15) is 5.26 Å². The van der Waals surface area contributed by atoms with Gasteiger partial charge in [0.05, 0.1) is 12.6 Å². The van der Waals surface area contributed by atoms with Crippen LogP contribution < -0.4 is 10.6 Å². The molecule has 1 aromatic carbocycles. The first-order valence-electron chi connectivity index (χ1n) is 6.29. The van der Waals surface area contributed by atoms with Crippen LogP contribution in [0.2, 0.25) is 0 Å². The number of hydrogen-bond donors (Lipinski definition) is 2. The van der Waals surface area contributed by atoms with Gasteiger partial charge in [-0.1, -0.05) is 30.3 Å². The Labute approximate surface area is 118 Å². The smallest absolute Gasteiger partial charge is 0.321 e. The highest BCUT2D eigenvalue weighted by molar-refractivity contribution is 5.95. The zero-order valence-corrected chi connectivity index (χ0v) is 11.4. The molecule has 1 aromatic rings. The van der Waals surface area contributed by atoms with E-state index in [1.54, 1.807) is 11.9 Å². The van der Waals surface area contributed by atoms with E-state index in [1.807, 2.05) is 36.4 Å². The van der Waals surface area contributed by atoms with Gasteiger partial charge in [0.15, 0.2) is 0 Å². The number of imide groups is 1. The number of rotatable bonds is 6. The van der Waals surface area contributed by atoms with Gasteiger partial charge in [-0.05, 0) is 12.6 Å². The topological polar surface area (TPSA) is 85.2 Å². The number of hydrogen-bond acceptors (Lipinski definition) is 4. The Bertz CT molecular complexity index is 482. The third-order valence-corrected chi connectivity index (χ3v) is 2.57. The fourth-order valence-corrected chi connectivity index (χ4v) is 1.55. The standard InChI is InChI=1S/C14H18N4O2/c1-18(9-5-8-15)11-13(19)17-14(20)16-10-12-6-3-2-4-7-12/h2-4,6-7H,5,9-11H2,1H3,(H2,16,17,19,20). The van der Waals surface area contributed by atoms with E-state index in [-0.39, 0.29) is 6.54 Å². The second kappa shape index (κ2) is 8.67. The number of likely N-dealkylation sites (N-methyl/N-ethyl adjacent to an activating group) is 1. The minimum atomic E-state index is -0.521. The summed E-state index contributed by atoms with van der Waals surface area (Å²) in [6.07, 6.45) is 0.351. The zero-order chi connectivity index (χ0) is 14.8. The third kappa shape index (κ3) is 6.52. The maximum atomic E-state index is 11.5. The highest BCUT2D eigenvalue weighted by atomic mass is 16.2. The molecule has 0 atom stereocenters. The van der Waals surface area contributed by atoms with Crippen molar-refractivity contribution in [2.45, 2.75) is 13.0 Å². The maximum Gasteiger partial charge on any atom is 0.321 e. The number of amides is 3. The van der Waals surface area contributed by atoms with Crippen LogP contribution in [0.25, 0.3) is 0 Å². The molecule has 20 heavy (non-hydrogen) atoms. The Balaban J connectivity index is 2.25. The molecule has 0 aliphatic rings. The molecule has 0 fully saturated rings. The van der Waals surface area contributed by atoms with Crippen molar-refractivity contribution >= 4 is 11.9 Å². The Kier molecular flexibility index (Phi) is 6.79. The first-order valence-corrected chi connectivity index (χ1v) is 6.29. The summed E-state index contributed by atoms with van der Waals surface area (Å²) in [5, 5.41) is 13.3. The van der Waals surface area contributed by atoms with Crippen molar-refractivity contribution in [2.24, 2.45) is 0 Å². The molecule has 106 valence electrons. The average molecular weight is 274 g/mol. The lowest BCUT2D eigenvalue weighted by Crippen LogP contribution is -2.43. The number of nitriles is 1. The molecule has 0 aliphatic heterocycles. The van der Waals surface area contributed by atoms with Crippen LogP contribution in [0.3, 0.4) is 0 Å². The van der Waals surface area contributed by atoms with Crippen LogP contribution in [0, 0.1) is 11.3 Å². The average Bonchev–Trinajstić information content (AvgIpc) is 2.44. The van der Waals surface area contributed by atoms with Gasteiger partial charge in [-0.3, -0.25) is 15.0 Å². The Morgan fingerprint density at radius 3 is 2.65 bits per heavy atom. The minimum absolute atomic E-state index is 0.0838. The fourth-order valence-electron chi connectivity index (χ4n) is 1.55. The molecule has 0 heterocycles. The number of nitrogens with zero attached hydrogens (tertiary/aromatic N) is 2. The number of carbonyl (C=O) groups is 2. The number of carbonyl (C=O) groups excluding carboxylic acids is 2. The predicted molar refractivity (Wildman–Crippen MR) is 74.5 cm³/mol. The van der Waals surface area contributed by atoms with E-state index in [0.29, 0.717) is 19.5 Å². The van der Waals surface area contributed by atoms with Crippen molar-refractivity contribution in [3.63, 3.8) is 0 Å². The van der Waals surface area contributed by atoms with Gasteiger partial charge in [0.2, 0.25) is 5.91 Å². The van der Waals surface area contributed by atoms with Gasteiger partial charge in [0.25, 0.3) is 0 Å². The van der Waals surface area contributed by atoms with Crippen LogP contribution in [0.15, 0.2) is 30.3 Å². The van der Waals surface area contributed by atoms with Crippen molar-refractivity contribution in [1.29, 1.82) is 5.26 Å². The molecule has 3 amide bonds. The van der Waals surface area contributed by atoms with Crippen LogP contribution in [-0.2, 0) is 11.3 Å². The lowest BCUT2D eigenvalue weighted by molar-refractivity contribution is -0.120. The van der Waals surface area contributed by atoms with Crippen molar-refractivity contribution in [3.8, 4) is 6.07 Å². The maximum absolute atomic E-state index is 11.5. The molecule has 0 saturated carbocycles. The van der Waals surface area contributed by atoms with E-state index in [2.05, 4.69) is 10.6 Å². The van der Waals surface area contributed by atoms with Crippen LogP contribution in [-0.4, -0.2) is 37.0 Å². The van der Waals surface area contributed by atoms with Crippen LogP contribution >= 0.6 is 0 Å². The molecule has 0 unspecified atom stereocenters. The van der Waals surface area contributed by atoms with E-state index in [1.165, 1.54) is 0 Å². The second-order valence-electron chi connectivity index (χ2n) is 4.36. The van der Waals surface area contributed by atoms with Crippen molar-refractivity contribution in [3.05, 3.63) is 35.9 Å². The normalized spacial score (nSPS) is 9.85. The van der Waals surface area contributed by atoms with E-state index >= 15 is 0 Å². The summed E-state index contributed by atoms with van der Waals surface area (Å²) >= 11 is 0. The van der Waals surface area contributed by atoms with Gasteiger partial charge in [-0.15, -0.1) is 0 Å². The highest BCUT2D eigenvalue weighted by Crippen LogP contribution is 1.96. The fraction of sp³-hybridized carbons (Fsp3) is 0.357. The molecule has 1 rings (SSSR count). The van der Waals surface area contributed by atoms with Gasteiger partial charge in [-0.25, -0.2) is 4.79 Å². The first kappa shape index (κ1) is 15.7. The number of urea groups is 1. The minimum Gasteiger partial charge on any atom is -0.334 e. The molecule has 6 heteroatoms. The number of benzene rings is 1. The Morgan fingerprint density at radius 1 is 1.30 bits per heavy atom. The zero-order valence-electron chi connectivity index (χ0n) is 11.4. The Morgan fingerprint density at radius 2 is 2.00 bits per heavy atom. The van der Waals surface area contributed by atoms with Crippen LogP contribution in [0.5, 0.6) is 0 Å². The quantitative estimate of drug-likeness (QED) is 0.805. The largest absolute Gasteiger partial charge is 0.334 e. The van der Waals surface area contributed by atoms with Crippen molar-refractivity contribution in [1.82, 2.24) is 15.5 Å². The highest BCUT2D eigenvalue weighted by Gasteiger charge is 2.09. The summed E-state index contributed by atoms with van der Waals surface area (Å²) < 4.78 is 0. The van der Waals surface area contributed by atoms with E-state index in [9.17, 15) is 9.59 Å². The van der Waals surface area contributed by atoms with Gasteiger partial charge in [0, 0.05) is 19.5 Å². The van der Waals surface area contributed by atoms with Gasteiger partial charge >= 0.3 is 6.03 Å². The summed E-state index contributed by atoms with van der Waals surface area (Å²) in [5.74, 6) is -0.393. The monoisotopic (exact) mass is 274 g/mol. The van der Waals surface area contributed by atoms with E-state index in [4.69, 9.17) is 5.26 Å². The summed E-state index contributed by atoms with van der Waals surface area (Å²) in [7, 11) is 1.72. The Hall–Kier alpha value is -2.39. The molecule has 0 spiro atoms. The number of nitrogens with one attached hydrogen (secondary N) is 2. The van der Waals surface area contributed by atoms with Crippen molar-refractivity contribution in [2.75, 3.05) is 20.1 Å². The molecule has 0 radical (unpaired) electrons. The molecule has 0 aliphatic carbocycles. The van der Waals surface area contributed by atoms with E-state index < -0.39 is 11.9 Å². The van der Waals surface area contributed by atoms with E-state index in [0.717, 1.165) is 5.56 Å². The first-order chi connectivity index (χ1) is 9.61. The van der Waals surface area contributed by atoms with Crippen LogP contribution in [0.1, 0.15) is 12.0 Å². The predicted octanol–water partition coefficient (Wildman–Crippen LogP) is 0.858. The molecule has 0 saturated heterocycles. The molecule has 0 aromatic heterocycles. The molecule has 2 N–H and O–H groups in total. The van der Waals surface area contributed by atoms with Crippen LogP contribution in [0.4, 0.5) is 4.79 Å². The molecule has 0 bridgehead atoms. The summed E-state index contributed by atoms with van der Waals surface area (Å²) in [6.45, 7) is 0.945. The third-order valence-electron chi connectivity index (χ3n) is 2.57.